The Morgan fingerprint density at radius 1 is 0.931 bits per heavy atom. The van der Waals surface area contributed by atoms with Crippen LogP contribution < -0.4 is 0 Å². The summed E-state index contributed by atoms with van der Waals surface area (Å²) in [5.74, 6) is 5.25. The number of hydrogen-bond acceptors (Lipinski definition) is 1. The standard InChI is InChI=1S/C28H46O/c1-18(2)19(3)7-8-20(4)24-11-12-25-23-10-9-21-17-22(29)13-15-27(21,5)26(23)14-16-28(24,25)6/h7-8,10,18-22,24-26,29H,9,11-17H2,1-6H3/b8-7+/t19-,20+,21-,22+,24-,25-,26+,27+,28-/m0/s1. The first-order valence-corrected chi connectivity index (χ1v) is 12.7. The predicted molar refractivity (Wildman–Crippen MR) is 124 cm³/mol. The first-order chi connectivity index (χ1) is 13.7. The van der Waals surface area contributed by atoms with E-state index in [4.69, 9.17) is 0 Å². The number of aliphatic hydroxyl groups is 1. The lowest BCUT2D eigenvalue weighted by Crippen LogP contribution is -2.49. The maximum atomic E-state index is 10.2. The second-order valence-corrected chi connectivity index (χ2v) is 12.3. The third-order valence-electron chi connectivity index (χ3n) is 10.5. The molecule has 4 rings (SSSR count). The molecule has 1 nitrogen and oxygen atoms in total. The summed E-state index contributed by atoms with van der Waals surface area (Å²) in [6.45, 7) is 14.7. The molecule has 0 heterocycles. The zero-order valence-electron chi connectivity index (χ0n) is 20.0. The van der Waals surface area contributed by atoms with Crippen LogP contribution in [0.4, 0.5) is 0 Å². The molecule has 29 heavy (non-hydrogen) atoms. The number of hydrogen-bond donors (Lipinski definition) is 1. The van der Waals surface area contributed by atoms with Crippen molar-refractivity contribution in [1.29, 1.82) is 0 Å². The van der Waals surface area contributed by atoms with Crippen LogP contribution in [0, 0.1) is 52.3 Å². The van der Waals surface area contributed by atoms with Crippen molar-refractivity contribution in [2.75, 3.05) is 0 Å². The maximum Gasteiger partial charge on any atom is 0.0543 e. The smallest absolute Gasteiger partial charge is 0.0543 e. The summed E-state index contributed by atoms with van der Waals surface area (Å²) in [6, 6.07) is 0. The molecule has 3 fully saturated rings. The van der Waals surface area contributed by atoms with Crippen molar-refractivity contribution < 1.29 is 5.11 Å². The van der Waals surface area contributed by atoms with Gasteiger partial charge in [-0.1, -0.05) is 65.3 Å². The van der Waals surface area contributed by atoms with E-state index < -0.39 is 0 Å². The van der Waals surface area contributed by atoms with Crippen LogP contribution in [-0.2, 0) is 0 Å². The van der Waals surface area contributed by atoms with E-state index in [2.05, 4.69) is 59.8 Å². The molecule has 0 unspecified atom stereocenters. The van der Waals surface area contributed by atoms with E-state index >= 15 is 0 Å². The van der Waals surface area contributed by atoms with Crippen LogP contribution in [0.2, 0.25) is 0 Å². The van der Waals surface area contributed by atoms with Gasteiger partial charge in [0.15, 0.2) is 0 Å². The Labute approximate surface area is 180 Å². The molecular formula is C28H46O. The second kappa shape index (κ2) is 7.85. The minimum absolute atomic E-state index is 0.0476. The highest BCUT2D eigenvalue weighted by atomic mass is 16.3. The summed E-state index contributed by atoms with van der Waals surface area (Å²) < 4.78 is 0. The van der Waals surface area contributed by atoms with Gasteiger partial charge in [0, 0.05) is 0 Å². The Balaban J connectivity index is 1.54. The van der Waals surface area contributed by atoms with Crippen molar-refractivity contribution in [3.63, 3.8) is 0 Å². The van der Waals surface area contributed by atoms with Crippen molar-refractivity contribution in [2.24, 2.45) is 52.3 Å². The zero-order valence-corrected chi connectivity index (χ0v) is 20.0. The van der Waals surface area contributed by atoms with E-state index in [1.165, 1.54) is 38.5 Å². The maximum absolute atomic E-state index is 10.2. The first kappa shape index (κ1) is 21.7. The van der Waals surface area contributed by atoms with Gasteiger partial charge >= 0.3 is 0 Å². The summed E-state index contributed by atoms with van der Waals surface area (Å²) in [5.41, 5.74) is 2.79. The van der Waals surface area contributed by atoms with E-state index in [0.717, 1.165) is 36.5 Å². The van der Waals surface area contributed by atoms with Crippen molar-refractivity contribution in [1.82, 2.24) is 0 Å². The van der Waals surface area contributed by atoms with Crippen molar-refractivity contribution in [2.45, 2.75) is 99.0 Å². The van der Waals surface area contributed by atoms with E-state index in [-0.39, 0.29) is 6.10 Å². The van der Waals surface area contributed by atoms with Crippen molar-refractivity contribution >= 4 is 0 Å². The normalized spacial score (nSPS) is 46.8. The lowest BCUT2D eigenvalue weighted by molar-refractivity contribution is -0.0414. The average molecular weight is 399 g/mol. The highest BCUT2D eigenvalue weighted by Crippen LogP contribution is 2.66. The Morgan fingerprint density at radius 2 is 1.62 bits per heavy atom. The Morgan fingerprint density at radius 3 is 2.34 bits per heavy atom. The summed E-state index contributed by atoms with van der Waals surface area (Å²) in [4.78, 5) is 0. The summed E-state index contributed by atoms with van der Waals surface area (Å²) in [6.07, 6.45) is 17.8. The van der Waals surface area contributed by atoms with E-state index in [1.807, 2.05) is 5.57 Å². The second-order valence-electron chi connectivity index (χ2n) is 12.3. The molecule has 0 saturated heterocycles. The molecule has 0 aromatic heterocycles. The number of aliphatic hydroxyl groups excluding tert-OH is 1. The van der Waals surface area contributed by atoms with Gasteiger partial charge in [-0.15, -0.1) is 0 Å². The average Bonchev–Trinajstić information content (AvgIpc) is 3.03. The van der Waals surface area contributed by atoms with Gasteiger partial charge < -0.3 is 5.11 Å². The Bertz CT molecular complexity index is 659. The molecule has 4 aliphatic carbocycles. The SMILES string of the molecule is CC(C)[C@@H](C)/C=C/[C@@H](C)[C@@H]1CC[C@H]2C3=CC[C@H]4C[C@H](O)CC[C@@]4(C)[C@@H]3CC[C@]21C. The van der Waals surface area contributed by atoms with Gasteiger partial charge in [-0.2, -0.15) is 0 Å². The van der Waals surface area contributed by atoms with Crippen LogP contribution in [0.3, 0.4) is 0 Å². The molecule has 0 aromatic carbocycles. The third-order valence-corrected chi connectivity index (χ3v) is 10.5. The summed E-state index contributed by atoms with van der Waals surface area (Å²) >= 11 is 0. The Hall–Kier alpha value is -0.560. The van der Waals surface area contributed by atoms with Crippen LogP contribution in [0.5, 0.6) is 0 Å². The van der Waals surface area contributed by atoms with Gasteiger partial charge in [0.1, 0.15) is 0 Å². The summed E-state index contributed by atoms with van der Waals surface area (Å²) in [5, 5.41) is 10.2. The number of fused-ring (bicyclic) bond motifs is 5. The molecule has 0 amide bonds. The van der Waals surface area contributed by atoms with Gasteiger partial charge in [0.2, 0.25) is 0 Å². The van der Waals surface area contributed by atoms with Gasteiger partial charge in [-0.25, -0.2) is 0 Å². The lowest BCUT2D eigenvalue weighted by atomic mass is 9.47. The van der Waals surface area contributed by atoms with Crippen LogP contribution in [0.15, 0.2) is 23.8 Å². The fraction of sp³-hybridized carbons (Fsp3) is 0.857. The molecule has 0 radical (unpaired) electrons. The van der Waals surface area contributed by atoms with Gasteiger partial charge in [0.25, 0.3) is 0 Å². The molecular weight excluding hydrogens is 352 g/mol. The largest absolute Gasteiger partial charge is 0.393 e. The Kier molecular flexibility index (Phi) is 5.86. The highest BCUT2D eigenvalue weighted by molar-refractivity contribution is 5.28. The van der Waals surface area contributed by atoms with Crippen LogP contribution >= 0.6 is 0 Å². The molecule has 9 atom stereocenters. The summed E-state index contributed by atoms with van der Waals surface area (Å²) in [7, 11) is 0. The molecule has 4 aliphatic rings. The monoisotopic (exact) mass is 398 g/mol. The molecule has 0 bridgehead atoms. The molecule has 1 N–H and O–H groups in total. The predicted octanol–water partition coefficient (Wildman–Crippen LogP) is 7.41. The molecule has 0 aliphatic heterocycles. The molecule has 164 valence electrons. The van der Waals surface area contributed by atoms with Crippen LogP contribution in [-0.4, -0.2) is 11.2 Å². The first-order valence-electron chi connectivity index (χ1n) is 12.7. The zero-order chi connectivity index (χ0) is 21.0. The van der Waals surface area contributed by atoms with Crippen molar-refractivity contribution in [3.05, 3.63) is 23.8 Å². The van der Waals surface area contributed by atoms with Gasteiger partial charge in [-0.05, 0) is 104 Å². The number of allylic oxidation sites excluding steroid dienone is 4. The van der Waals surface area contributed by atoms with Gasteiger partial charge in [0.05, 0.1) is 6.10 Å². The third kappa shape index (κ3) is 3.58. The van der Waals surface area contributed by atoms with Crippen LogP contribution in [0.25, 0.3) is 0 Å². The quantitative estimate of drug-likeness (QED) is 0.489. The van der Waals surface area contributed by atoms with Crippen molar-refractivity contribution in [3.8, 4) is 0 Å². The minimum Gasteiger partial charge on any atom is -0.393 e. The lowest BCUT2D eigenvalue weighted by Gasteiger charge is -2.57. The number of rotatable bonds is 4. The van der Waals surface area contributed by atoms with Crippen LogP contribution in [0.1, 0.15) is 92.9 Å². The van der Waals surface area contributed by atoms with E-state index in [9.17, 15) is 5.11 Å². The van der Waals surface area contributed by atoms with E-state index in [0.29, 0.717) is 28.6 Å². The van der Waals surface area contributed by atoms with Gasteiger partial charge in [-0.3, -0.25) is 0 Å². The highest BCUT2D eigenvalue weighted by Gasteiger charge is 2.57. The molecule has 3 saturated carbocycles. The topological polar surface area (TPSA) is 20.2 Å². The molecule has 1 heteroatoms. The molecule has 0 aromatic rings. The fourth-order valence-electron chi connectivity index (χ4n) is 8.10. The van der Waals surface area contributed by atoms with E-state index in [1.54, 1.807) is 0 Å². The minimum atomic E-state index is -0.0476. The fourth-order valence-corrected chi connectivity index (χ4v) is 8.10. The molecule has 0 spiro atoms.